The van der Waals surface area contributed by atoms with Crippen molar-refractivity contribution in [1.82, 2.24) is 9.97 Å². The van der Waals surface area contributed by atoms with E-state index in [9.17, 15) is 18.4 Å². The van der Waals surface area contributed by atoms with Gasteiger partial charge in [0.15, 0.2) is 0 Å². The monoisotopic (exact) mass is 373 g/mol. The minimum absolute atomic E-state index is 0.0168. The van der Waals surface area contributed by atoms with Crippen LogP contribution in [0.15, 0.2) is 36.7 Å². The summed E-state index contributed by atoms with van der Waals surface area (Å²) in [5.74, 6) is 0.982. The van der Waals surface area contributed by atoms with Gasteiger partial charge in [-0.3, -0.25) is 0 Å². The highest BCUT2D eigenvalue weighted by atomic mass is 19.4. The number of rotatable bonds is 2. The highest BCUT2D eigenvalue weighted by molar-refractivity contribution is 5.56. The molecule has 2 unspecified atom stereocenters. The molecule has 0 amide bonds. The van der Waals surface area contributed by atoms with Gasteiger partial charge in [-0.15, -0.1) is 0 Å². The molecule has 0 bridgehead atoms. The Balaban J connectivity index is 1.64. The van der Waals surface area contributed by atoms with Gasteiger partial charge in [0.05, 0.1) is 17.2 Å². The van der Waals surface area contributed by atoms with Crippen LogP contribution in [0.5, 0.6) is 0 Å². The highest BCUT2D eigenvalue weighted by Crippen LogP contribution is 2.40. The van der Waals surface area contributed by atoms with Gasteiger partial charge in [0.2, 0.25) is 0 Å². The smallest absolute Gasteiger partial charge is 0.354 e. The fraction of sp³-hybridized carbons (Fsp3) is 0.421. The molecule has 2 aliphatic heterocycles. The quantitative estimate of drug-likeness (QED) is 0.807. The molecular formula is C19H18F3N5. The van der Waals surface area contributed by atoms with Crippen molar-refractivity contribution in [2.45, 2.75) is 25.1 Å². The van der Waals surface area contributed by atoms with Gasteiger partial charge in [-0.1, -0.05) is 0 Å². The molecular weight excluding hydrogens is 355 g/mol. The molecule has 2 aliphatic rings. The molecule has 2 aromatic rings. The first-order valence-corrected chi connectivity index (χ1v) is 8.88. The predicted molar refractivity (Wildman–Crippen MR) is 94.3 cm³/mol. The Morgan fingerprint density at radius 1 is 1.04 bits per heavy atom. The van der Waals surface area contributed by atoms with Crippen LogP contribution in [0.1, 0.15) is 24.0 Å². The number of halogens is 3. The maximum atomic E-state index is 13.4. The average molecular weight is 373 g/mol. The van der Waals surface area contributed by atoms with Crippen molar-refractivity contribution >= 4 is 11.6 Å². The van der Waals surface area contributed by atoms with Crippen LogP contribution in [-0.4, -0.2) is 35.6 Å². The van der Waals surface area contributed by atoms with E-state index in [2.05, 4.69) is 20.9 Å². The van der Waals surface area contributed by atoms with Crippen LogP contribution in [0.4, 0.5) is 24.8 Å². The Hall–Kier alpha value is -2.82. The van der Waals surface area contributed by atoms with Crippen molar-refractivity contribution in [2.24, 2.45) is 5.92 Å². The number of anilines is 2. The molecule has 27 heavy (non-hydrogen) atoms. The third-order valence-corrected chi connectivity index (χ3v) is 5.43. The number of fused-ring (bicyclic) bond motifs is 1. The first kappa shape index (κ1) is 17.6. The molecule has 0 spiro atoms. The molecule has 4 rings (SSSR count). The van der Waals surface area contributed by atoms with E-state index in [-0.39, 0.29) is 11.9 Å². The van der Waals surface area contributed by atoms with Gasteiger partial charge in [-0.05, 0) is 43.0 Å². The average Bonchev–Trinajstić information content (AvgIpc) is 3.10. The second kappa shape index (κ2) is 6.72. The molecule has 0 aliphatic carbocycles. The number of hydrogen-bond acceptors (Lipinski definition) is 5. The fourth-order valence-corrected chi connectivity index (χ4v) is 4.18. The number of aromatic nitrogens is 2. The molecule has 2 atom stereocenters. The summed E-state index contributed by atoms with van der Waals surface area (Å²) in [5.41, 5.74) is -0.215. The number of nitriles is 1. The number of hydrogen-bond donors (Lipinski definition) is 0. The normalized spacial score (nSPS) is 22.4. The van der Waals surface area contributed by atoms with Gasteiger partial charge in [-0.25, -0.2) is 9.97 Å². The first-order chi connectivity index (χ1) is 13.0. The molecule has 0 radical (unpaired) electrons. The van der Waals surface area contributed by atoms with E-state index in [1.165, 1.54) is 12.3 Å². The Labute approximate surface area is 155 Å². The number of alkyl halides is 3. The minimum Gasteiger partial charge on any atom is -0.354 e. The summed E-state index contributed by atoms with van der Waals surface area (Å²) < 4.78 is 40.2. The zero-order valence-electron chi connectivity index (χ0n) is 14.5. The lowest BCUT2D eigenvalue weighted by molar-refractivity contribution is -0.137. The highest BCUT2D eigenvalue weighted by Gasteiger charge is 2.42. The zero-order valence-corrected chi connectivity index (χ0v) is 14.5. The second-order valence-electron chi connectivity index (χ2n) is 6.90. The third kappa shape index (κ3) is 3.18. The topological polar surface area (TPSA) is 56.1 Å². The van der Waals surface area contributed by atoms with Gasteiger partial charge in [0.1, 0.15) is 17.7 Å². The summed E-state index contributed by atoms with van der Waals surface area (Å²) in [5, 5.41) is 9.37. The van der Waals surface area contributed by atoms with E-state index < -0.39 is 11.7 Å². The summed E-state index contributed by atoms with van der Waals surface area (Å²) >= 11 is 0. The lowest BCUT2D eigenvalue weighted by atomic mass is 9.92. The molecule has 5 nitrogen and oxygen atoms in total. The Bertz CT molecular complexity index is 876. The van der Waals surface area contributed by atoms with Crippen LogP contribution in [0.3, 0.4) is 0 Å². The standard InChI is InChI=1S/C19H18F3N5/c20-19(21,22)15-4-2-8-25-18(15)26-9-5-13-6-10-27(16(13)12-26)17-14(11-23)3-1-7-24-17/h1-4,7-8,13,16H,5-6,9-10,12H2. The lowest BCUT2D eigenvalue weighted by Crippen LogP contribution is -2.49. The lowest BCUT2D eigenvalue weighted by Gasteiger charge is -2.40. The van der Waals surface area contributed by atoms with Crippen molar-refractivity contribution in [2.75, 3.05) is 29.4 Å². The van der Waals surface area contributed by atoms with Crippen LogP contribution in [0.25, 0.3) is 0 Å². The Kier molecular flexibility index (Phi) is 4.38. The van der Waals surface area contributed by atoms with Crippen LogP contribution in [-0.2, 0) is 6.18 Å². The maximum absolute atomic E-state index is 13.4. The fourth-order valence-electron chi connectivity index (χ4n) is 4.18. The van der Waals surface area contributed by atoms with Crippen molar-refractivity contribution in [3.8, 4) is 6.07 Å². The van der Waals surface area contributed by atoms with E-state index in [0.29, 0.717) is 30.4 Å². The van der Waals surface area contributed by atoms with Crippen molar-refractivity contribution < 1.29 is 13.2 Å². The first-order valence-electron chi connectivity index (χ1n) is 8.88. The zero-order chi connectivity index (χ0) is 19.0. The maximum Gasteiger partial charge on any atom is 0.419 e. The molecule has 2 aromatic heterocycles. The van der Waals surface area contributed by atoms with Crippen LogP contribution >= 0.6 is 0 Å². The molecule has 2 saturated heterocycles. The van der Waals surface area contributed by atoms with E-state index in [4.69, 9.17) is 0 Å². The van der Waals surface area contributed by atoms with Crippen LogP contribution in [0, 0.1) is 17.2 Å². The molecule has 2 fully saturated rings. The van der Waals surface area contributed by atoms with Gasteiger partial charge in [0.25, 0.3) is 0 Å². The van der Waals surface area contributed by atoms with Crippen LogP contribution < -0.4 is 9.80 Å². The molecule has 140 valence electrons. The second-order valence-corrected chi connectivity index (χ2v) is 6.90. The minimum atomic E-state index is -4.44. The summed E-state index contributed by atoms with van der Waals surface area (Å²) in [7, 11) is 0. The van der Waals surface area contributed by atoms with Crippen LogP contribution in [0.2, 0.25) is 0 Å². The SMILES string of the molecule is N#Cc1cccnc1N1CCC2CCN(c3ncccc3C(F)(F)F)CC21. The molecule has 4 heterocycles. The summed E-state index contributed by atoms with van der Waals surface area (Å²) in [6.07, 6.45) is 0.350. The molecule has 8 heteroatoms. The summed E-state index contributed by atoms with van der Waals surface area (Å²) in [6, 6.07) is 8.00. The summed E-state index contributed by atoms with van der Waals surface area (Å²) in [6.45, 7) is 1.73. The van der Waals surface area contributed by atoms with Crippen molar-refractivity contribution in [1.29, 1.82) is 5.26 Å². The van der Waals surface area contributed by atoms with Crippen molar-refractivity contribution in [3.05, 3.63) is 47.8 Å². The number of pyridine rings is 2. The number of nitrogens with zero attached hydrogens (tertiary/aromatic N) is 5. The summed E-state index contributed by atoms with van der Waals surface area (Å²) in [4.78, 5) is 12.2. The molecule has 0 N–H and O–H groups in total. The van der Waals surface area contributed by atoms with Gasteiger partial charge < -0.3 is 9.80 Å². The molecule has 0 saturated carbocycles. The van der Waals surface area contributed by atoms with E-state index >= 15 is 0 Å². The largest absolute Gasteiger partial charge is 0.419 e. The third-order valence-electron chi connectivity index (χ3n) is 5.43. The van der Waals surface area contributed by atoms with E-state index in [0.717, 1.165) is 25.5 Å². The Morgan fingerprint density at radius 3 is 2.48 bits per heavy atom. The van der Waals surface area contributed by atoms with Gasteiger partial charge in [-0.2, -0.15) is 18.4 Å². The van der Waals surface area contributed by atoms with Gasteiger partial charge in [0, 0.05) is 32.0 Å². The Morgan fingerprint density at radius 2 is 1.74 bits per heavy atom. The number of piperidine rings is 1. The predicted octanol–water partition coefficient (Wildman–Crippen LogP) is 3.47. The molecule has 0 aromatic carbocycles. The van der Waals surface area contributed by atoms with Gasteiger partial charge >= 0.3 is 6.18 Å². The van der Waals surface area contributed by atoms with E-state index in [1.54, 1.807) is 23.2 Å². The van der Waals surface area contributed by atoms with E-state index in [1.807, 2.05) is 0 Å². The van der Waals surface area contributed by atoms with Crippen molar-refractivity contribution in [3.63, 3.8) is 0 Å².